The number of carbonyl (C=O) groups is 2. The fraction of sp³-hybridized carbons (Fsp3) is 0.579. The summed E-state index contributed by atoms with van der Waals surface area (Å²) in [4.78, 5) is 24.4. The zero-order valence-corrected chi connectivity index (χ0v) is 15.2. The summed E-state index contributed by atoms with van der Waals surface area (Å²) >= 11 is 0. The SMILES string of the molecule is COC(=O)N[C@H](C(=O)NC1(C(C)C)Cc2ccccc2C1)C(C)C. The second-order valence-electron chi connectivity index (χ2n) is 7.28. The Kier molecular flexibility index (Phi) is 5.52. The molecule has 1 atom stereocenters. The van der Waals surface area contributed by atoms with E-state index in [0.29, 0.717) is 0 Å². The summed E-state index contributed by atoms with van der Waals surface area (Å²) < 4.78 is 4.64. The maximum atomic E-state index is 12.9. The fourth-order valence-electron chi connectivity index (χ4n) is 3.33. The number of benzene rings is 1. The first-order valence-corrected chi connectivity index (χ1v) is 8.52. The number of ether oxygens (including phenoxy) is 1. The molecule has 0 aromatic heterocycles. The predicted octanol–water partition coefficient (Wildman–Crippen LogP) is 2.68. The highest BCUT2D eigenvalue weighted by atomic mass is 16.5. The van der Waals surface area contributed by atoms with E-state index in [9.17, 15) is 9.59 Å². The van der Waals surface area contributed by atoms with Gasteiger partial charge in [-0.15, -0.1) is 0 Å². The van der Waals surface area contributed by atoms with Gasteiger partial charge in [-0.2, -0.15) is 0 Å². The topological polar surface area (TPSA) is 67.4 Å². The Labute approximate surface area is 144 Å². The summed E-state index contributed by atoms with van der Waals surface area (Å²) in [5.74, 6) is 0.0915. The Morgan fingerprint density at radius 3 is 2.04 bits per heavy atom. The number of amides is 2. The standard InChI is InChI=1S/C19H28N2O3/c1-12(2)16(20-18(23)24-5)17(22)21-19(13(3)4)10-14-8-6-7-9-15(14)11-19/h6-9,12-13,16H,10-11H2,1-5H3,(H,20,23)(H,21,22)/t16-/m0/s1. The molecule has 5 nitrogen and oxygen atoms in total. The molecule has 1 aliphatic rings. The van der Waals surface area contributed by atoms with Crippen molar-refractivity contribution in [3.05, 3.63) is 35.4 Å². The van der Waals surface area contributed by atoms with E-state index in [1.807, 2.05) is 26.0 Å². The highest BCUT2D eigenvalue weighted by molar-refractivity contribution is 5.86. The van der Waals surface area contributed by atoms with E-state index in [1.165, 1.54) is 18.2 Å². The average molecular weight is 332 g/mol. The molecule has 2 N–H and O–H groups in total. The van der Waals surface area contributed by atoms with E-state index in [4.69, 9.17) is 0 Å². The molecule has 0 fully saturated rings. The summed E-state index contributed by atoms with van der Waals surface area (Å²) in [7, 11) is 1.30. The van der Waals surface area contributed by atoms with Crippen LogP contribution < -0.4 is 10.6 Å². The summed E-state index contributed by atoms with van der Waals surface area (Å²) in [5.41, 5.74) is 2.26. The van der Waals surface area contributed by atoms with Crippen LogP contribution in [0.1, 0.15) is 38.8 Å². The molecule has 2 amide bonds. The maximum absolute atomic E-state index is 12.9. The molecule has 1 aromatic rings. The number of hydrogen-bond acceptors (Lipinski definition) is 3. The van der Waals surface area contributed by atoms with Crippen molar-refractivity contribution in [1.29, 1.82) is 0 Å². The van der Waals surface area contributed by atoms with E-state index < -0.39 is 12.1 Å². The smallest absolute Gasteiger partial charge is 0.407 e. The Balaban J connectivity index is 2.19. The largest absolute Gasteiger partial charge is 0.453 e. The Hall–Kier alpha value is -2.04. The molecule has 0 heterocycles. The quantitative estimate of drug-likeness (QED) is 0.871. The van der Waals surface area contributed by atoms with Crippen LogP contribution in [0.15, 0.2) is 24.3 Å². The molecule has 1 aliphatic carbocycles. The molecule has 132 valence electrons. The van der Waals surface area contributed by atoms with Crippen molar-refractivity contribution < 1.29 is 14.3 Å². The van der Waals surface area contributed by atoms with Gasteiger partial charge in [-0.1, -0.05) is 52.0 Å². The summed E-state index contributed by atoms with van der Waals surface area (Å²) in [6.07, 6.45) is 1.04. The minimum absolute atomic E-state index is 0.0305. The van der Waals surface area contributed by atoms with Crippen LogP contribution in [0.3, 0.4) is 0 Å². The van der Waals surface area contributed by atoms with Gasteiger partial charge in [-0.05, 0) is 35.8 Å². The first-order chi connectivity index (χ1) is 11.3. The number of carbonyl (C=O) groups excluding carboxylic acids is 2. The number of alkyl carbamates (subject to hydrolysis) is 1. The van der Waals surface area contributed by atoms with Crippen molar-refractivity contribution in [2.75, 3.05) is 7.11 Å². The second kappa shape index (κ2) is 7.24. The first kappa shape index (κ1) is 18.3. The van der Waals surface area contributed by atoms with E-state index in [2.05, 4.69) is 41.4 Å². The third-order valence-corrected chi connectivity index (χ3v) is 5.02. The molecule has 24 heavy (non-hydrogen) atoms. The second-order valence-corrected chi connectivity index (χ2v) is 7.28. The Morgan fingerprint density at radius 1 is 1.08 bits per heavy atom. The lowest BCUT2D eigenvalue weighted by atomic mass is 9.83. The molecule has 1 aromatic carbocycles. The van der Waals surface area contributed by atoms with Crippen molar-refractivity contribution in [2.45, 2.75) is 52.1 Å². The lowest BCUT2D eigenvalue weighted by Gasteiger charge is -2.36. The lowest BCUT2D eigenvalue weighted by Crippen LogP contribution is -2.59. The van der Waals surface area contributed by atoms with Gasteiger partial charge in [0.2, 0.25) is 5.91 Å². The molecule has 5 heteroatoms. The third kappa shape index (κ3) is 3.71. The molecule has 0 radical (unpaired) electrons. The summed E-state index contributed by atoms with van der Waals surface area (Å²) in [5, 5.41) is 5.88. The predicted molar refractivity (Wildman–Crippen MR) is 93.7 cm³/mol. The first-order valence-electron chi connectivity index (χ1n) is 8.52. The van der Waals surface area contributed by atoms with Gasteiger partial charge in [0.1, 0.15) is 6.04 Å². The maximum Gasteiger partial charge on any atom is 0.407 e. The molecule has 0 saturated carbocycles. The van der Waals surface area contributed by atoms with Gasteiger partial charge in [-0.25, -0.2) is 4.79 Å². The number of hydrogen-bond donors (Lipinski definition) is 2. The fourth-order valence-corrected chi connectivity index (χ4v) is 3.33. The van der Waals surface area contributed by atoms with Crippen LogP contribution >= 0.6 is 0 Å². The molecule has 0 saturated heterocycles. The minimum atomic E-state index is -0.614. The third-order valence-electron chi connectivity index (χ3n) is 5.02. The van der Waals surface area contributed by atoms with Crippen molar-refractivity contribution in [3.8, 4) is 0 Å². The van der Waals surface area contributed by atoms with Crippen LogP contribution in [-0.4, -0.2) is 30.7 Å². The van der Waals surface area contributed by atoms with Crippen molar-refractivity contribution in [1.82, 2.24) is 10.6 Å². The lowest BCUT2D eigenvalue weighted by molar-refractivity contribution is -0.126. The van der Waals surface area contributed by atoms with Gasteiger partial charge in [0, 0.05) is 0 Å². The van der Waals surface area contributed by atoms with Crippen LogP contribution in [0.2, 0.25) is 0 Å². The van der Waals surface area contributed by atoms with Crippen LogP contribution in [0.5, 0.6) is 0 Å². The molecule has 0 unspecified atom stereocenters. The molecular formula is C19H28N2O3. The van der Waals surface area contributed by atoms with Gasteiger partial charge >= 0.3 is 6.09 Å². The van der Waals surface area contributed by atoms with Crippen LogP contribution in [0, 0.1) is 11.8 Å². The molecule has 0 aliphatic heterocycles. The summed E-state index contributed by atoms with van der Waals surface area (Å²) in [6, 6.07) is 7.70. The zero-order chi connectivity index (χ0) is 17.9. The van der Waals surface area contributed by atoms with Crippen molar-refractivity contribution >= 4 is 12.0 Å². The van der Waals surface area contributed by atoms with Crippen LogP contribution in [-0.2, 0) is 22.4 Å². The molecule has 0 bridgehead atoms. The minimum Gasteiger partial charge on any atom is -0.453 e. The number of fused-ring (bicyclic) bond motifs is 1. The van der Waals surface area contributed by atoms with Gasteiger partial charge in [0.15, 0.2) is 0 Å². The monoisotopic (exact) mass is 332 g/mol. The average Bonchev–Trinajstić information content (AvgIpc) is 2.91. The summed E-state index contributed by atoms with van der Waals surface area (Å²) in [6.45, 7) is 8.08. The zero-order valence-electron chi connectivity index (χ0n) is 15.2. The highest BCUT2D eigenvalue weighted by Gasteiger charge is 2.42. The van der Waals surface area contributed by atoms with Gasteiger partial charge in [-0.3, -0.25) is 4.79 Å². The number of rotatable bonds is 5. The van der Waals surface area contributed by atoms with Gasteiger partial charge < -0.3 is 15.4 Å². The van der Waals surface area contributed by atoms with E-state index in [0.717, 1.165) is 12.8 Å². The van der Waals surface area contributed by atoms with Crippen LogP contribution in [0.25, 0.3) is 0 Å². The van der Waals surface area contributed by atoms with E-state index in [1.54, 1.807) is 0 Å². The van der Waals surface area contributed by atoms with Gasteiger partial charge in [0.05, 0.1) is 12.6 Å². The van der Waals surface area contributed by atoms with Crippen LogP contribution in [0.4, 0.5) is 4.79 Å². The molecule has 0 spiro atoms. The number of methoxy groups -OCH3 is 1. The van der Waals surface area contributed by atoms with Gasteiger partial charge in [0.25, 0.3) is 0 Å². The van der Waals surface area contributed by atoms with E-state index in [-0.39, 0.29) is 23.3 Å². The Bertz CT molecular complexity index is 585. The molecular weight excluding hydrogens is 304 g/mol. The Morgan fingerprint density at radius 2 is 1.62 bits per heavy atom. The van der Waals surface area contributed by atoms with Crippen molar-refractivity contribution in [2.24, 2.45) is 11.8 Å². The number of nitrogens with one attached hydrogen (secondary N) is 2. The molecule has 2 rings (SSSR count). The van der Waals surface area contributed by atoms with E-state index >= 15 is 0 Å². The van der Waals surface area contributed by atoms with Crippen molar-refractivity contribution in [3.63, 3.8) is 0 Å². The highest BCUT2D eigenvalue weighted by Crippen LogP contribution is 2.35. The normalized spacial score (nSPS) is 16.6.